The zero-order valence-corrected chi connectivity index (χ0v) is 12.8. The fourth-order valence-corrected chi connectivity index (χ4v) is 2.67. The van der Waals surface area contributed by atoms with Crippen LogP contribution in [0, 0.1) is 0 Å². The molecular formula is C14H20N4O5. The van der Waals surface area contributed by atoms with Crippen molar-refractivity contribution in [1.29, 1.82) is 0 Å². The Bertz CT molecular complexity index is 561. The van der Waals surface area contributed by atoms with Crippen molar-refractivity contribution in [3.8, 4) is 0 Å². The minimum absolute atomic E-state index is 0.00444. The highest BCUT2D eigenvalue weighted by atomic mass is 16.6. The second-order valence-corrected chi connectivity index (χ2v) is 5.33. The summed E-state index contributed by atoms with van der Waals surface area (Å²) in [6.45, 7) is 8.79. The second-order valence-electron chi connectivity index (χ2n) is 5.33. The van der Waals surface area contributed by atoms with Gasteiger partial charge in [-0.05, 0) is 0 Å². The number of ketones is 1. The van der Waals surface area contributed by atoms with Crippen LogP contribution in [0.2, 0.25) is 0 Å². The number of nitrogens with zero attached hydrogens (tertiary/aromatic N) is 1. The van der Waals surface area contributed by atoms with Gasteiger partial charge in [-0.1, -0.05) is 13.2 Å². The Morgan fingerprint density at radius 1 is 1.52 bits per heavy atom. The Morgan fingerprint density at radius 2 is 2.22 bits per heavy atom. The van der Waals surface area contributed by atoms with Crippen LogP contribution in [0.25, 0.3) is 0 Å². The van der Waals surface area contributed by atoms with E-state index in [0.29, 0.717) is 5.82 Å². The Kier molecular flexibility index (Phi) is 4.77. The monoisotopic (exact) mass is 324 g/mol. The maximum Gasteiger partial charge on any atom is 0.415 e. The molecule has 0 aromatic rings. The van der Waals surface area contributed by atoms with Gasteiger partial charge in [0.2, 0.25) is 0 Å². The van der Waals surface area contributed by atoms with Gasteiger partial charge in [0.05, 0.1) is 11.9 Å². The molecule has 2 heterocycles. The standard InChI is InChI=1S/C14H20N4O5/c1-7(15)17-12-10-6-22-14(21)18(10)8(2)16-5-4-11(20)13(12)23-9(3)19/h10,12-13,16-17H,1-2,4-6,15H2,3H3/t10?,12-,13-/m0/s1. The van der Waals surface area contributed by atoms with Crippen LogP contribution in [-0.2, 0) is 19.1 Å². The number of Topliss-reactive ketones (excluding diaryl/α,β-unsaturated/α-hetero) is 1. The van der Waals surface area contributed by atoms with Crippen LogP contribution in [0.3, 0.4) is 0 Å². The fraction of sp³-hybridized carbons (Fsp3) is 0.500. The van der Waals surface area contributed by atoms with Crippen molar-refractivity contribution in [2.24, 2.45) is 5.73 Å². The first-order valence-electron chi connectivity index (χ1n) is 7.11. The van der Waals surface area contributed by atoms with Gasteiger partial charge in [0, 0.05) is 19.9 Å². The van der Waals surface area contributed by atoms with E-state index < -0.39 is 30.3 Å². The fourth-order valence-electron chi connectivity index (χ4n) is 2.67. The van der Waals surface area contributed by atoms with Gasteiger partial charge in [-0.15, -0.1) is 0 Å². The van der Waals surface area contributed by atoms with Gasteiger partial charge in [-0.2, -0.15) is 0 Å². The lowest BCUT2D eigenvalue weighted by Gasteiger charge is -2.33. The van der Waals surface area contributed by atoms with E-state index in [4.69, 9.17) is 15.2 Å². The van der Waals surface area contributed by atoms with Crippen molar-refractivity contribution in [3.63, 3.8) is 0 Å². The van der Waals surface area contributed by atoms with Crippen molar-refractivity contribution < 1.29 is 23.9 Å². The van der Waals surface area contributed by atoms with Gasteiger partial charge in [-0.25, -0.2) is 4.79 Å². The Hall–Kier alpha value is -2.71. The summed E-state index contributed by atoms with van der Waals surface area (Å²) in [5.74, 6) is -0.527. The van der Waals surface area contributed by atoms with Crippen LogP contribution in [0.5, 0.6) is 0 Å². The number of esters is 1. The van der Waals surface area contributed by atoms with E-state index >= 15 is 0 Å². The zero-order valence-electron chi connectivity index (χ0n) is 12.8. The van der Waals surface area contributed by atoms with Crippen LogP contribution in [-0.4, -0.2) is 54.1 Å². The topological polar surface area (TPSA) is 123 Å². The average molecular weight is 324 g/mol. The van der Waals surface area contributed by atoms with Crippen molar-refractivity contribution >= 4 is 17.8 Å². The molecule has 2 aliphatic heterocycles. The Labute approximate surface area is 133 Å². The second kappa shape index (κ2) is 6.59. The molecule has 1 unspecified atom stereocenters. The van der Waals surface area contributed by atoms with Crippen molar-refractivity contribution in [2.75, 3.05) is 13.2 Å². The molecule has 3 atom stereocenters. The third-order valence-corrected chi connectivity index (χ3v) is 3.60. The highest BCUT2D eigenvalue weighted by molar-refractivity contribution is 5.87. The van der Waals surface area contributed by atoms with Gasteiger partial charge >= 0.3 is 12.1 Å². The number of amides is 1. The summed E-state index contributed by atoms with van der Waals surface area (Å²) < 4.78 is 10.2. The number of fused-ring (bicyclic) bond motifs is 1. The first kappa shape index (κ1) is 16.7. The molecule has 4 N–H and O–H groups in total. The summed E-state index contributed by atoms with van der Waals surface area (Å²) in [4.78, 5) is 37.1. The summed E-state index contributed by atoms with van der Waals surface area (Å²) in [5.41, 5.74) is 5.60. The first-order chi connectivity index (χ1) is 10.8. The number of cyclic esters (lactones) is 1. The van der Waals surface area contributed by atoms with Crippen LogP contribution in [0.1, 0.15) is 13.3 Å². The predicted molar refractivity (Wildman–Crippen MR) is 79.5 cm³/mol. The van der Waals surface area contributed by atoms with E-state index in [0.717, 1.165) is 0 Å². The molecule has 23 heavy (non-hydrogen) atoms. The van der Waals surface area contributed by atoms with E-state index in [1.807, 2.05) is 0 Å². The summed E-state index contributed by atoms with van der Waals surface area (Å²) in [6, 6.07) is -1.43. The molecular weight excluding hydrogens is 304 g/mol. The molecule has 2 saturated heterocycles. The molecule has 0 aliphatic carbocycles. The van der Waals surface area contributed by atoms with Gasteiger partial charge in [0.25, 0.3) is 0 Å². The van der Waals surface area contributed by atoms with Crippen LogP contribution >= 0.6 is 0 Å². The lowest BCUT2D eigenvalue weighted by atomic mass is 9.97. The van der Waals surface area contributed by atoms with E-state index in [9.17, 15) is 14.4 Å². The molecule has 0 radical (unpaired) electrons. The molecule has 9 heteroatoms. The van der Waals surface area contributed by atoms with Gasteiger partial charge < -0.3 is 25.8 Å². The molecule has 0 spiro atoms. The van der Waals surface area contributed by atoms with Crippen LogP contribution < -0.4 is 16.4 Å². The largest absolute Gasteiger partial charge is 0.452 e. The smallest absolute Gasteiger partial charge is 0.415 e. The van der Waals surface area contributed by atoms with Crippen LogP contribution in [0.15, 0.2) is 24.8 Å². The molecule has 2 rings (SSSR count). The minimum atomic E-state index is -1.12. The van der Waals surface area contributed by atoms with E-state index in [-0.39, 0.29) is 31.2 Å². The highest BCUT2D eigenvalue weighted by Crippen LogP contribution is 2.24. The number of nitrogens with one attached hydrogen (secondary N) is 2. The van der Waals surface area contributed by atoms with Crippen molar-refractivity contribution in [1.82, 2.24) is 15.5 Å². The molecule has 2 aliphatic rings. The maximum atomic E-state index is 12.4. The normalized spacial score (nSPS) is 27.8. The summed E-state index contributed by atoms with van der Waals surface area (Å²) >= 11 is 0. The molecule has 2 fully saturated rings. The number of hydrogen-bond acceptors (Lipinski definition) is 8. The minimum Gasteiger partial charge on any atom is -0.452 e. The molecule has 126 valence electrons. The van der Waals surface area contributed by atoms with Crippen LogP contribution in [0.4, 0.5) is 4.79 Å². The Morgan fingerprint density at radius 3 is 2.83 bits per heavy atom. The summed E-state index contributed by atoms with van der Waals surface area (Å²) in [5, 5.41) is 5.71. The highest BCUT2D eigenvalue weighted by Gasteiger charge is 2.47. The van der Waals surface area contributed by atoms with Gasteiger partial charge in [0.1, 0.15) is 18.5 Å². The number of rotatable bonds is 3. The number of ether oxygens (including phenoxy) is 2. The van der Waals surface area contributed by atoms with E-state index in [1.54, 1.807) is 0 Å². The Balaban J connectivity index is 2.43. The van der Waals surface area contributed by atoms with E-state index in [2.05, 4.69) is 23.8 Å². The molecule has 9 nitrogen and oxygen atoms in total. The summed E-state index contributed by atoms with van der Waals surface area (Å²) in [7, 11) is 0. The molecule has 0 aromatic heterocycles. The number of hydrogen-bond donors (Lipinski definition) is 3. The number of nitrogens with two attached hydrogens (primary N) is 1. The maximum absolute atomic E-state index is 12.4. The molecule has 1 amide bonds. The SMILES string of the molecule is C=C(N)N[C@H]1C2COC(=O)N2C(=C)NCCC(=O)[C@@H]1OC(C)=O. The van der Waals surface area contributed by atoms with E-state index in [1.165, 1.54) is 11.8 Å². The third kappa shape index (κ3) is 3.55. The third-order valence-electron chi connectivity index (χ3n) is 3.60. The lowest BCUT2D eigenvalue weighted by Crippen LogP contribution is -2.58. The molecule has 0 saturated carbocycles. The molecule has 0 bridgehead atoms. The summed E-state index contributed by atoms with van der Waals surface area (Å²) in [6.07, 6.45) is -1.62. The first-order valence-corrected chi connectivity index (χ1v) is 7.11. The molecule has 0 aromatic carbocycles. The lowest BCUT2D eigenvalue weighted by molar-refractivity contribution is -0.155. The number of carbonyl (C=O) groups is 3. The average Bonchev–Trinajstić information content (AvgIpc) is 2.83. The van der Waals surface area contributed by atoms with Gasteiger partial charge in [-0.3, -0.25) is 14.5 Å². The van der Waals surface area contributed by atoms with Crippen molar-refractivity contribution in [2.45, 2.75) is 31.5 Å². The van der Waals surface area contributed by atoms with Gasteiger partial charge in [0.15, 0.2) is 11.9 Å². The van der Waals surface area contributed by atoms with Crippen molar-refractivity contribution in [3.05, 3.63) is 24.8 Å². The quantitative estimate of drug-likeness (QED) is 0.574. The number of carbonyl (C=O) groups excluding carboxylic acids is 3. The zero-order chi connectivity index (χ0) is 17.1. The predicted octanol–water partition coefficient (Wildman–Crippen LogP) is -0.839.